The molecule has 1 aliphatic rings. The van der Waals surface area contributed by atoms with Gasteiger partial charge in [0, 0.05) is 11.8 Å². The number of fused-ring (bicyclic) bond motifs is 1. The fourth-order valence-corrected chi connectivity index (χ4v) is 1.28. The second-order valence-corrected chi connectivity index (χ2v) is 2.78. The minimum Gasteiger partial charge on any atom is -0.372 e. The monoisotopic (exact) mass is 175 g/mol. The summed E-state index contributed by atoms with van der Waals surface area (Å²) in [5.74, 6) is 0.635. The lowest BCUT2D eigenvalue weighted by Gasteiger charge is -2.24. The third-order valence-corrected chi connectivity index (χ3v) is 1.92. The van der Waals surface area contributed by atoms with Crippen LogP contribution in [0.5, 0.6) is 5.75 Å². The van der Waals surface area contributed by atoms with Gasteiger partial charge in [-0.25, -0.2) is 0 Å². The molecule has 1 aliphatic heterocycles. The molecule has 0 bridgehead atoms. The van der Waals surface area contributed by atoms with Gasteiger partial charge in [-0.05, 0) is 6.07 Å². The average molecular weight is 175 g/mol. The Morgan fingerprint density at radius 2 is 2.23 bits per heavy atom. The molecule has 0 unspecified atom stereocenters. The smallest absolute Gasteiger partial charge is 0.263 e. The number of benzene rings is 1. The van der Waals surface area contributed by atoms with Gasteiger partial charge in [-0.1, -0.05) is 24.8 Å². The molecule has 0 spiro atoms. The van der Waals surface area contributed by atoms with Crippen LogP contribution in [0.2, 0.25) is 0 Å². The first kappa shape index (κ1) is 7.86. The predicted molar refractivity (Wildman–Crippen MR) is 47.8 cm³/mol. The second kappa shape index (κ2) is 2.94. The number of hydroxylamine groups is 2. The highest BCUT2D eigenvalue weighted by molar-refractivity contribution is 5.81. The molecule has 1 aromatic carbocycles. The Labute approximate surface area is 76.2 Å². The molecule has 2 rings (SSSR count). The molecule has 3 nitrogen and oxygen atoms in total. The Balaban J connectivity index is 2.38. The first-order chi connectivity index (χ1) is 6.31. The molecule has 0 saturated heterocycles. The van der Waals surface area contributed by atoms with Crippen LogP contribution in [0, 0.1) is 0 Å². The molecule has 0 N–H and O–H groups in total. The predicted octanol–water partition coefficient (Wildman–Crippen LogP) is 1.51. The average Bonchev–Trinajstić information content (AvgIpc) is 2.17. The zero-order valence-electron chi connectivity index (χ0n) is 7.06. The molecule has 1 aromatic rings. The van der Waals surface area contributed by atoms with E-state index in [1.165, 1.54) is 6.20 Å². The Kier molecular flexibility index (Phi) is 1.77. The number of rotatable bonds is 1. The van der Waals surface area contributed by atoms with E-state index in [2.05, 4.69) is 6.58 Å². The molecular weight excluding hydrogens is 166 g/mol. The zero-order valence-corrected chi connectivity index (χ0v) is 7.06. The minimum absolute atomic E-state index is 0.0892. The van der Waals surface area contributed by atoms with Crippen molar-refractivity contribution in [3.63, 3.8) is 0 Å². The molecule has 0 fully saturated rings. The zero-order chi connectivity index (χ0) is 9.26. The van der Waals surface area contributed by atoms with Crippen LogP contribution in [0.1, 0.15) is 5.56 Å². The van der Waals surface area contributed by atoms with Crippen LogP contribution in [0.4, 0.5) is 0 Å². The highest BCUT2D eigenvalue weighted by atomic mass is 16.7. The van der Waals surface area contributed by atoms with Crippen LogP contribution in [0.15, 0.2) is 37.0 Å². The highest BCUT2D eigenvalue weighted by Gasteiger charge is 2.21. The molecule has 1 heterocycles. The molecule has 1 amide bonds. The first-order valence-electron chi connectivity index (χ1n) is 4.02. The van der Waals surface area contributed by atoms with Crippen molar-refractivity contribution in [2.45, 2.75) is 6.42 Å². The lowest BCUT2D eigenvalue weighted by molar-refractivity contribution is -0.150. The lowest BCUT2D eigenvalue weighted by atomic mass is 10.1. The van der Waals surface area contributed by atoms with Crippen molar-refractivity contribution >= 4 is 5.91 Å². The van der Waals surface area contributed by atoms with Gasteiger partial charge in [0.2, 0.25) is 0 Å². The quantitative estimate of drug-likeness (QED) is 0.647. The third kappa shape index (κ3) is 1.28. The summed E-state index contributed by atoms with van der Waals surface area (Å²) in [6.07, 6.45) is 1.75. The fourth-order valence-electron chi connectivity index (χ4n) is 1.28. The minimum atomic E-state index is -0.0892. The second-order valence-electron chi connectivity index (χ2n) is 2.78. The van der Waals surface area contributed by atoms with E-state index in [-0.39, 0.29) is 5.91 Å². The standard InChI is InChI=1S/C10H9NO2/c1-2-11-10(12)7-8-5-3-4-6-9(8)13-11/h2-6H,1,7H2. The summed E-state index contributed by atoms with van der Waals surface area (Å²) in [4.78, 5) is 16.6. The van der Waals surface area contributed by atoms with Crippen LogP contribution in [0.3, 0.4) is 0 Å². The van der Waals surface area contributed by atoms with Gasteiger partial charge in [0.25, 0.3) is 5.91 Å². The first-order valence-corrected chi connectivity index (χ1v) is 4.02. The maximum Gasteiger partial charge on any atom is 0.263 e. The number of carbonyl (C=O) groups is 1. The van der Waals surface area contributed by atoms with E-state index in [0.29, 0.717) is 6.42 Å². The van der Waals surface area contributed by atoms with Crippen LogP contribution >= 0.6 is 0 Å². The summed E-state index contributed by atoms with van der Waals surface area (Å²) in [5, 5.41) is 1.16. The lowest BCUT2D eigenvalue weighted by Crippen LogP contribution is -2.34. The third-order valence-electron chi connectivity index (χ3n) is 1.92. The van der Waals surface area contributed by atoms with Gasteiger partial charge in [-0.2, -0.15) is 0 Å². The van der Waals surface area contributed by atoms with Crippen molar-refractivity contribution in [2.24, 2.45) is 0 Å². The van der Waals surface area contributed by atoms with E-state index < -0.39 is 0 Å². The molecule has 13 heavy (non-hydrogen) atoms. The SMILES string of the molecule is C=CN1Oc2ccccc2CC1=O. The highest BCUT2D eigenvalue weighted by Crippen LogP contribution is 2.24. The van der Waals surface area contributed by atoms with Gasteiger partial charge in [0.1, 0.15) is 0 Å². The van der Waals surface area contributed by atoms with Crippen LogP contribution in [-0.4, -0.2) is 11.0 Å². The summed E-state index contributed by atoms with van der Waals surface area (Å²) < 4.78 is 0. The number of carbonyl (C=O) groups excluding carboxylic acids is 1. The van der Waals surface area contributed by atoms with Gasteiger partial charge in [0.15, 0.2) is 5.75 Å². The van der Waals surface area contributed by atoms with Crippen LogP contribution < -0.4 is 4.84 Å². The van der Waals surface area contributed by atoms with Gasteiger partial charge in [-0.3, -0.25) is 4.79 Å². The number of amides is 1. The van der Waals surface area contributed by atoms with Crippen molar-refractivity contribution in [2.75, 3.05) is 0 Å². The van der Waals surface area contributed by atoms with E-state index in [9.17, 15) is 4.79 Å². The Morgan fingerprint density at radius 1 is 1.46 bits per heavy atom. The van der Waals surface area contributed by atoms with E-state index in [0.717, 1.165) is 16.4 Å². The van der Waals surface area contributed by atoms with Crippen molar-refractivity contribution in [1.29, 1.82) is 0 Å². The molecule has 66 valence electrons. The molecule has 0 aromatic heterocycles. The molecule has 0 aliphatic carbocycles. The van der Waals surface area contributed by atoms with Gasteiger partial charge < -0.3 is 4.84 Å². The summed E-state index contributed by atoms with van der Waals surface area (Å²) in [5.41, 5.74) is 0.922. The normalized spacial score (nSPS) is 14.8. The number of para-hydroxylation sites is 1. The van der Waals surface area contributed by atoms with Gasteiger partial charge in [-0.15, -0.1) is 5.06 Å². The molecule has 0 saturated carbocycles. The topological polar surface area (TPSA) is 29.5 Å². The summed E-state index contributed by atoms with van der Waals surface area (Å²) in [6, 6.07) is 7.47. The molecule has 0 radical (unpaired) electrons. The van der Waals surface area contributed by atoms with Gasteiger partial charge in [0.05, 0.1) is 6.42 Å². The van der Waals surface area contributed by atoms with Gasteiger partial charge >= 0.3 is 0 Å². The maximum atomic E-state index is 11.3. The van der Waals surface area contributed by atoms with E-state index in [1.807, 2.05) is 24.3 Å². The molecule has 0 atom stereocenters. The Morgan fingerprint density at radius 3 is 3.00 bits per heavy atom. The Hall–Kier alpha value is -1.77. The number of nitrogens with zero attached hydrogens (tertiary/aromatic N) is 1. The largest absolute Gasteiger partial charge is 0.372 e. The van der Waals surface area contributed by atoms with Crippen LogP contribution in [-0.2, 0) is 11.2 Å². The maximum absolute atomic E-state index is 11.3. The summed E-state index contributed by atoms with van der Waals surface area (Å²) in [7, 11) is 0. The number of hydrogen-bond donors (Lipinski definition) is 0. The molecular formula is C10H9NO2. The number of hydrogen-bond acceptors (Lipinski definition) is 2. The van der Waals surface area contributed by atoms with Crippen molar-refractivity contribution < 1.29 is 9.63 Å². The summed E-state index contributed by atoms with van der Waals surface area (Å²) in [6.45, 7) is 3.49. The van der Waals surface area contributed by atoms with E-state index in [1.54, 1.807) is 0 Å². The van der Waals surface area contributed by atoms with Crippen LogP contribution in [0.25, 0.3) is 0 Å². The van der Waals surface area contributed by atoms with Crippen molar-refractivity contribution in [1.82, 2.24) is 5.06 Å². The van der Waals surface area contributed by atoms with Crippen molar-refractivity contribution in [3.05, 3.63) is 42.6 Å². The van der Waals surface area contributed by atoms with E-state index >= 15 is 0 Å². The fraction of sp³-hybridized carbons (Fsp3) is 0.100. The summed E-state index contributed by atoms with van der Waals surface area (Å²) >= 11 is 0. The Bertz CT molecular complexity index is 360. The molecule has 3 heteroatoms. The van der Waals surface area contributed by atoms with Crippen molar-refractivity contribution in [3.8, 4) is 5.75 Å². The van der Waals surface area contributed by atoms with E-state index in [4.69, 9.17) is 4.84 Å².